The Balaban J connectivity index is 0.00000225. The number of carboxylic acids is 1. The number of β-lactam (4-membered cyclic amide) rings is 1. The summed E-state index contributed by atoms with van der Waals surface area (Å²) < 4.78 is 0. The summed E-state index contributed by atoms with van der Waals surface area (Å²) in [5, 5.41) is 11.4. The Hall–Kier alpha value is -2.07. The van der Waals surface area contributed by atoms with Gasteiger partial charge in [0.1, 0.15) is 23.2 Å². The van der Waals surface area contributed by atoms with Crippen molar-refractivity contribution < 1.29 is 25.0 Å². The second-order valence-corrected chi connectivity index (χ2v) is 6.90. The summed E-state index contributed by atoms with van der Waals surface area (Å²) in [6.07, 6.45) is 0. The van der Waals surface area contributed by atoms with Crippen LogP contribution in [0.15, 0.2) is 41.1 Å². The standard InChI is InChI=1S/C15H14ClN3O4S.H2O/c16-8-6-24-14-10(13(21)19(14)11(8)15(22)23)18-12(20)9(17)7-4-2-1-3-5-7;/h1-5,9-10,14H,6,17H2,(H,18,20)(H,22,23);1H2/t9-,10-,14?;/m1./s1. The number of hydrogen-bond donors (Lipinski definition) is 3. The normalized spacial score (nSPS) is 23.1. The topological polar surface area (TPSA) is 144 Å². The number of fused-ring (bicyclic) bond motifs is 1. The van der Waals surface area contributed by atoms with Crippen LogP contribution in [0.5, 0.6) is 0 Å². The Labute approximate surface area is 152 Å². The Morgan fingerprint density at radius 3 is 2.60 bits per heavy atom. The molecule has 2 aliphatic rings. The first kappa shape index (κ1) is 19.3. The molecule has 1 aromatic carbocycles. The molecule has 1 unspecified atom stereocenters. The lowest BCUT2D eigenvalue weighted by molar-refractivity contribution is -0.150. The van der Waals surface area contributed by atoms with E-state index in [-0.39, 0.29) is 22.0 Å². The number of hydrogen-bond acceptors (Lipinski definition) is 5. The highest BCUT2D eigenvalue weighted by molar-refractivity contribution is 8.00. The van der Waals surface area contributed by atoms with Crippen molar-refractivity contribution in [3.8, 4) is 0 Å². The zero-order valence-electron chi connectivity index (χ0n) is 12.8. The van der Waals surface area contributed by atoms with Gasteiger partial charge in [0.05, 0.1) is 5.03 Å². The molecular weight excluding hydrogens is 370 g/mol. The van der Waals surface area contributed by atoms with Gasteiger partial charge < -0.3 is 21.6 Å². The average Bonchev–Trinajstić information content (AvgIpc) is 2.59. The van der Waals surface area contributed by atoms with Gasteiger partial charge in [-0.25, -0.2) is 4.79 Å². The Bertz CT molecular complexity index is 742. The number of carboxylic acid groups (broad SMARTS) is 1. The van der Waals surface area contributed by atoms with E-state index in [4.69, 9.17) is 17.3 Å². The van der Waals surface area contributed by atoms with Gasteiger partial charge in [-0.2, -0.15) is 0 Å². The fourth-order valence-electron chi connectivity index (χ4n) is 2.64. The van der Waals surface area contributed by atoms with E-state index in [1.165, 1.54) is 11.8 Å². The van der Waals surface area contributed by atoms with Crippen molar-refractivity contribution in [3.63, 3.8) is 0 Å². The van der Waals surface area contributed by atoms with Gasteiger partial charge in [-0.05, 0) is 5.56 Å². The van der Waals surface area contributed by atoms with Crippen LogP contribution in [0.2, 0.25) is 0 Å². The van der Waals surface area contributed by atoms with Crippen molar-refractivity contribution in [2.24, 2.45) is 5.73 Å². The smallest absolute Gasteiger partial charge is 0.353 e. The Kier molecular flexibility index (Phi) is 5.73. The number of nitrogens with zero attached hydrogens (tertiary/aromatic N) is 1. The van der Waals surface area contributed by atoms with Gasteiger partial charge in [0.15, 0.2) is 0 Å². The molecule has 3 rings (SSSR count). The molecule has 1 fully saturated rings. The zero-order valence-corrected chi connectivity index (χ0v) is 14.4. The highest BCUT2D eigenvalue weighted by Gasteiger charge is 2.54. The molecule has 3 atom stereocenters. The van der Waals surface area contributed by atoms with Crippen LogP contribution in [0.4, 0.5) is 0 Å². The molecule has 25 heavy (non-hydrogen) atoms. The minimum absolute atomic E-state index is 0. The van der Waals surface area contributed by atoms with E-state index in [2.05, 4.69) is 5.32 Å². The fourth-order valence-corrected chi connectivity index (χ4v) is 4.19. The quantitative estimate of drug-likeness (QED) is 0.612. The highest BCUT2D eigenvalue weighted by Crippen LogP contribution is 2.41. The van der Waals surface area contributed by atoms with Gasteiger partial charge in [-0.3, -0.25) is 14.5 Å². The number of thioether (sulfide) groups is 1. The minimum atomic E-state index is -1.26. The first-order valence-corrected chi connectivity index (χ1v) is 8.52. The minimum Gasteiger partial charge on any atom is -0.477 e. The highest BCUT2D eigenvalue weighted by atomic mass is 35.5. The van der Waals surface area contributed by atoms with E-state index in [0.717, 1.165) is 4.90 Å². The number of rotatable bonds is 4. The molecule has 0 bridgehead atoms. The van der Waals surface area contributed by atoms with E-state index in [9.17, 15) is 19.5 Å². The predicted molar refractivity (Wildman–Crippen MR) is 92.5 cm³/mol. The van der Waals surface area contributed by atoms with Crippen molar-refractivity contribution in [2.75, 3.05) is 5.75 Å². The Morgan fingerprint density at radius 1 is 1.36 bits per heavy atom. The molecule has 1 aromatic rings. The molecule has 2 heterocycles. The maximum Gasteiger partial charge on any atom is 0.353 e. The summed E-state index contributed by atoms with van der Waals surface area (Å²) >= 11 is 7.20. The second-order valence-electron chi connectivity index (χ2n) is 5.34. The van der Waals surface area contributed by atoms with E-state index in [1.807, 2.05) is 6.07 Å². The lowest BCUT2D eigenvalue weighted by Gasteiger charge is -2.48. The number of carbonyl (C=O) groups excluding carboxylic acids is 2. The van der Waals surface area contributed by atoms with Crippen LogP contribution in [0.1, 0.15) is 11.6 Å². The molecule has 0 spiro atoms. The van der Waals surface area contributed by atoms with E-state index in [0.29, 0.717) is 5.56 Å². The third-order valence-corrected chi connectivity index (χ3v) is 5.61. The Morgan fingerprint density at radius 2 is 2.00 bits per heavy atom. The van der Waals surface area contributed by atoms with Crippen LogP contribution >= 0.6 is 23.4 Å². The number of halogens is 1. The van der Waals surface area contributed by atoms with Crippen LogP contribution in [0.3, 0.4) is 0 Å². The lowest BCUT2D eigenvalue weighted by Crippen LogP contribution is -2.70. The number of nitrogens with two attached hydrogens (primary N) is 1. The summed E-state index contributed by atoms with van der Waals surface area (Å²) in [6, 6.07) is 7.07. The van der Waals surface area contributed by atoms with Gasteiger partial charge >= 0.3 is 5.97 Å². The average molecular weight is 386 g/mol. The first-order valence-electron chi connectivity index (χ1n) is 7.09. The van der Waals surface area contributed by atoms with Crippen LogP contribution in [0.25, 0.3) is 0 Å². The molecule has 0 aliphatic carbocycles. The fraction of sp³-hybridized carbons (Fsp3) is 0.267. The maximum absolute atomic E-state index is 12.3. The van der Waals surface area contributed by atoms with Gasteiger partial charge in [0.2, 0.25) is 5.91 Å². The summed E-state index contributed by atoms with van der Waals surface area (Å²) in [7, 11) is 0. The number of nitrogens with one attached hydrogen (secondary N) is 1. The summed E-state index contributed by atoms with van der Waals surface area (Å²) in [4.78, 5) is 36.9. The molecule has 0 aromatic heterocycles. The summed E-state index contributed by atoms with van der Waals surface area (Å²) in [5.74, 6) is -1.98. The number of carbonyl (C=O) groups is 3. The van der Waals surface area contributed by atoms with Gasteiger partial charge in [0, 0.05) is 5.75 Å². The van der Waals surface area contributed by atoms with Crippen molar-refractivity contribution in [3.05, 3.63) is 46.6 Å². The molecule has 0 radical (unpaired) electrons. The second kappa shape index (κ2) is 7.44. The maximum atomic E-state index is 12.3. The van der Waals surface area contributed by atoms with E-state index >= 15 is 0 Å². The third kappa shape index (κ3) is 3.36. The van der Waals surface area contributed by atoms with Crippen LogP contribution in [0, 0.1) is 0 Å². The molecule has 0 saturated carbocycles. The molecule has 8 nitrogen and oxygen atoms in total. The molecule has 134 valence electrons. The lowest BCUT2D eigenvalue weighted by atomic mass is 10.0. The van der Waals surface area contributed by atoms with Gasteiger partial charge in [-0.15, -0.1) is 11.8 Å². The zero-order chi connectivity index (χ0) is 17.4. The molecule has 6 N–H and O–H groups in total. The van der Waals surface area contributed by atoms with E-state index < -0.39 is 35.2 Å². The molecule has 10 heteroatoms. The third-order valence-electron chi connectivity index (χ3n) is 3.86. The summed E-state index contributed by atoms with van der Waals surface area (Å²) in [5.41, 5.74) is 6.32. The van der Waals surface area contributed by atoms with Crippen LogP contribution in [-0.2, 0) is 14.4 Å². The van der Waals surface area contributed by atoms with Crippen molar-refractivity contribution in [1.29, 1.82) is 0 Å². The van der Waals surface area contributed by atoms with Crippen molar-refractivity contribution in [2.45, 2.75) is 17.5 Å². The largest absolute Gasteiger partial charge is 0.477 e. The summed E-state index contributed by atoms with van der Waals surface area (Å²) in [6.45, 7) is 0. The molecule has 2 amide bonds. The van der Waals surface area contributed by atoms with Crippen LogP contribution in [-0.4, -0.2) is 50.4 Å². The van der Waals surface area contributed by atoms with Crippen molar-refractivity contribution in [1.82, 2.24) is 10.2 Å². The SMILES string of the molecule is N[C@@H](C(=O)N[C@@H]1C(=O)N2C(C(=O)O)=C(Cl)CSC12)c1ccccc1.O. The number of amides is 2. The first-order chi connectivity index (χ1) is 11.4. The molecule has 1 saturated heterocycles. The van der Waals surface area contributed by atoms with Gasteiger partial charge in [0.25, 0.3) is 5.91 Å². The number of benzene rings is 1. The van der Waals surface area contributed by atoms with Gasteiger partial charge in [-0.1, -0.05) is 41.9 Å². The monoisotopic (exact) mass is 385 g/mol. The predicted octanol–water partition coefficient (Wildman–Crippen LogP) is -0.203. The molecular formula is C15H16ClN3O5S. The number of aliphatic carboxylic acids is 1. The van der Waals surface area contributed by atoms with E-state index in [1.54, 1.807) is 24.3 Å². The van der Waals surface area contributed by atoms with Crippen LogP contribution < -0.4 is 11.1 Å². The van der Waals surface area contributed by atoms with Crippen molar-refractivity contribution >= 4 is 41.1 Å². The molecule has 2 aliphatic heterocycles.